The van der Waals surface area contributed by atoms with Crippen LogP contribution in [0.1, 0.15) is 35.7 Å². The summed E-state index contributed by atoms with van der Waals surface area (Å²) >= 11 is 0. The first kappa shape index (κ1) is 11.2. The molecule has 5 nitrogen and oxygen atoms in total. The zero-order chi connectivity index (χ0) is 12.7. The average molecular weight is 247 g/mol. The highest BCUT2D eigenvalue weighted by molar-refractivity contribution is 5.91. The van der Waals surface area contributed by atoms with Gasteiger partial charge in [0.15, 0.2) is 5.58 Å². The summed E-state index contributed by atoms with van der Waals surface area (Å²) in [6.45, 7) is 2.81. The maximum absolute atomic E-state index is 10.9. The molecule has 94 valence electrons. The van der Waals surface area contributed by atoms with Gasteiger partial charge in [-0.05, 0) is 30.5 Å². The summed E-state index contributed by atoms with van der Waals surface area (Å²) in [5, 5.41) is 8.92. The lowest BCUT2D eigenvalue weighted by Crippen LogP contribution is -2.03. The minimum atomic E-state index is -0.972. The van der Waals surface area contributed by atoms with Crippen LogP contribution in [0.25, 0.3) is 11.1 Å². The molecule has 0 amide bonds. The molecule has 0 bridgehead atoms. The molecule has 1 aromatic heterocycles. The number of aromatic nitrogens is 1. The number of carboxylic acid groups (broad SMARTS) is 1. The minimum Gasteiger partial charge on any atom is -0.478 e. The van der Waals surface area contributed by atoms with Gasteiger partial charge in [0.1, 0.15) is 11.6 Å². The molecule has 18 heavy (non-hydrogen) atoms. The summed E-state index contributed by atoms with van der Waals surface area (Å²) in [5.74, 6) is -0.0603. The van der Waals surface area contributed by atoms with E-state index in [0.717, 1.165) is 6.42 Å². The highest BCUT2D eigenvalue weighted by Crippen LogP contribution is 2.35. The molecule has 1 aromatic carbocycles. The lowest BCUT2D eigenvalue weighted by molar-refractivity contribution is 0.0696. The van der Waals surface area contributed by atoms with Crippen LogP contribution in [0, 0.1) is 5.92 Å². The van der Waals surface area contributed by atoms with Crippen molar-refractivity contribution in [2.75, 3.05) is 6.61 Å². The Balaban J connectivity index is 2.02. The van der Waals surface area contributed by atoms with E-state index in [1.54, 1.807) is 6.07 Å². The topological polar surface area (TPSA) is 72.6 Å². The monoisotopic (exact) mass is 247 g/mol. The van der Waals surface area contributed by atoms with Gasteiger partial charge >= 0.3 is 5.97 Å². The van der Waals surface area contributed by atoms with E-state index in [2.05, 4.69) is 11.9 Å². The molecule has 5 heteroatoms. The summed E-state index contributed by atoms with van der Waals surface area (Å²) in [6.07, 6.45) is 0.870. The number of carbonyl (C=O) groups is 1. The fourth-order valence-electron chi connectivity index (χ4n) is 2.21. The minimum absolute atomic E-state index is 0.120. The molecule has 1 N–H and O–H groups in total. The van der Waals surface area contributed by atoms with Crippen molar-refractivity contribution in [3.05, 3.63) is 29.7 Å². The van der Waals surface area contributed by atoms with Gasteiger partial charge in [-0.15, -0.1) is 0 Å². The molecule has 2 unspecified atom stereocenters. The van der Waals surface area contributed by atoms with Gasteiger partial charge in [0.05, 0.1) is 5.56 Å². The van der Waals surface area contributed by atoms with Crippen LogP contribution < -0.4 is 0 Å². The molecular weight excluding hydrogens is 234 g/mol. The molecule has 0 radical (unpaired) electrons. The largest absolute Gasteiger partial charge is 0.478 e. The van der Waals surface area contributed by atoms with Crippen LogP contribution in [0.5, 0.6) is 0 Å². The third-order valence-corrected chi connectivity index (χ3v) is 3.28. The van der Waals surface area contributed by atoms with Gasteiger partial charge in [-0.3, -0.25) is 0 Å². The second kappa shape index (κ2) is 4.10. The maximum Gasteiger partial charge on any atom is 0.335 e. The molecule has 2 aromatic rings. The van der Waals surface area contributed by atoms with E-state index < -0.39 is 5.97 Å². The predicted molar refractivity (Wildman–Crippen MR) is 63.4 cm³/mol. The number of aromatic carboxylic acids is 1. The Hall–Kier alpha value is -1.88. The van der Waals surface area contributed by atoms with Crippen LogP contribution >= 0.6 is 0 Å². The van der Waals surface area contributed by atoms with E-state index in [1.165, 1.54) is 12.1 Å². The molecule has 0 saturated carbocycles. The molecule has 2 atom stereocenters. The number of fused-ring (bicyclic) bond motifs is 1. The van der Waals surface area contributed by atoms with Gasteiger partial charge in [-0.1, -0.05) is 6.92 Å². The molecule has 0 spiro atoms. The van der Waals surface area contributed by atoms with Gasteiger partial charge in [-0.25, -0.2) is 9.78 Å². The van der Waals surface area contributed by atoms with Crippen molar-refractivity contribution >= 4 is 17.1 Å². The number of ether oxygens (including phenoxy) is 1. The summed E-state index contributed by atoms with van der Waals surface area (Å²) in [4.78, 5) is 15.2. The number of hydrogen-bond acceptors (Lipinski definition) is 4. The average Bonchev–Trinajstić information content (AvgIpc) is 2.92. The SMILES string of the molecule is CC1CCOC1c1nc2ccc(C(=O)O)cc2o1. The third-order valence-electron chi connectivity index (χ3n) is 3.28. The van der Waals surface area contributed by atoms with E-state index in [9.17, 15) is 4.79 Å². The molecule has 3 rings (SSSR count). The van der Waals surface area contributed by atoms with Crippen molar-refractivity contribution in [2.24, 2.45) is 5.92 Å². The highest BCUT2D eigenvalue weighted by atomic mass is 16.5. The Kier molecular flexibility index (Phi) is 2.56. The molecule has 2 heterocycles. The number of nitrogens with zero attached hydrogens (tertiary/aromatic N) is 1. The van der Waals surface area contributed by atoms with Crippen molar-refractivity contribution in [2.45, 2.75) is 19.4 Å². The maximum atomic E-state index is 10.9. The molecule has 0 aliphatic carbocycles. The van der Waals surface area contributed by atoms with E-state index >= 15 is 0 Å². The fourth-order valence-corrected chi connectivity index (χ4v) is 2.21. The Morgan fingerprint density at radius 3 is 3.00 bits per heavy atom. The van der Waals surface area contributed by atoms with Gasteiger partial charge in [0.25, 0.3) is 0 Å². The first-order valence-corrected chi connectivity index (χ1v) is 5.90. The number of benzene rings is 1. The van der Waals surface area contributed by atoms with Gasteiger partial charge in [0, 0.05) is 6.61 Å². The molecule has 1 aliphatic heterocycles. The van der Waals surface area contributed by atoms with Crippen LogP contribution in [0.4, 0.5) is 0 Å². The highest BCUT2D eigenvalue weighted by Gasteiger charge is 2.30. The van der Waals surface area contributed by atoms with Crippen molar-refractivity contribution in [1.82, 2.24) is 4.98 Å². The van der Waals surface area contributed by atoms with Crippen LogP contribution in [-0.4, -0.2) is 22.7 Å². The third kappa shape index (κ3) is 1.76. The Bertz CT molecular complexity index is 604. The number of hydrogen-bond donors (Lipinski definition) is 1. The molecule has 1 saturated heterocycles. The van der Waals surface area contributed by atoms with E-state index in [-0.39, 0.29) is 11.7 Å². The molecule has 1 aliphatic rings. The van der Waals surface area contributed by atoms with Crippen LogP contribution in [0.15, 0.2) is 22.6 Å². The first-order valence-electron chi connectivity index (χ1n) is 5.90. The Morgan fingerprint density at radius 2 is 2.33 bits per heavy atom. The smallest absolute Gasteiger partial charge is 0.335 e. The molecular formula is C13H13NO4. The van der Waals surface area contributed by atoms with Gasteiger partial charge in [0.2, 0.25) is 5.89 Å². The van der Waals surface area contributed by atoms with Crippen LogP contribution in [-0.2, 0) is 4.74 Å². The van der Waals surface area contributed by atoms with Crippen molar-refractivity contribution in [3.63, 3.8) is 0 Å². The Labute approximate surface area is 103 Å². The summed E-state index contributed by atoms with van der Waals surface area (Å²) in [7, 11) is 0. The zero-order valence-corrected chi connectivity index (χ0v) is 9.92. The van der Waals surface area contributed by atoms with E-state index in [0.29, 0.717) is 29.5 Å². The number of carboxylic acids is 1. The second-order valence-corrected chi connectivity index (χ2v) is 4.60. The zero-order valence-electron chi connectivity index (χ0n) is 9.92. The summed E-state index contributed by atoms with van der Waals surface area (Å²) in [6, 6.07) is 4.68. The van der Waals surface area contributed by atoms with Crippen molar-refractivity contribution in [1.29, 1.82) is 0 Å². The lowest BCUT2D eigenvalue weighted by Gasteiger charge is -2.08. The number of rotatable bonds is 2. The lowest BCUT2D eigenvalue weighted by atomic mass is 10.0. The van der Waals surface area contributed by atoms with Gasteiger partial charge < -0.3 is 14.3 Å². The fraction of sp³-hybridized carbons (Fsp3) is 0.385. The van der Waals surface area contributed by atoms with E-state index in [4.69, 9.17) is 14.3 Å². The second-order valence-electron chi connectivity index (χ2n) is 4.60. The summed E-state index contributed by atoms with van der Waals surface area (Å²) < 4.78 is 11.2. The normalized spacial score (nSPS) is 23.6. The van der Waals surface area contributed by atoms with Crippen molar-refractivity contribution in [3.8, 4) is 0 Å². The molecule has 1 fully saturated rings. The van der Waals surface area contributed by atoms with Crippen LogP contribution in [0.3, 0.4) is 0 Å². The Morgan fingerprint density at radius 1 is 1.50 bits per heavy atom. The quantitative estimate of drug-likeness (QED) is 0.883. The van der Waals surface area contributed by atoms with E-state index in [1.807, 2.05) is 0 Å². The standard InChI is InChI=1S/C13H13NO4/c1-7-4-5-17-11(7)12-14-9-3-2-8(13(15)16)6-10(9)18-12/h2-3,6-7,11H,4-5H2,1H3,(H,15,16). The summed E-state index contributed by atoms with van der Waals surface area (Å²) in [5.41, 5.74) is 1.36. The van der Waals surface area contributed by atoms with Crippen molar-refractivity contribution < 1.29 is 19.1 Å². The first-order chi connectivity index (χ1) is 8.65. The van der Waals surface area contributed by atoms with Gasteiger partial charge in [-0.2, -0.15) is 0 Å². The van der Waals surface area contributed by atoms with Crippen LogP contribution in [0.2, 0.25) is 0 Å². The predicted octanol–water partition coefficient (Wildman–Crippen LogP) is 2.62. The number of oxazole rings is 1.